The molecule has 0 fully saturated rings. The Morgan fingerprint density at radius 1 is 0.925 bits per heavy atom. The van der Waals surface area contributed by atoms with Crippen LogP contribution in [0.5, 0.6) is 5.75 Å². The lowest BCUT2D eigenvalue weighted by Gasteiger charge is -2.26. The van der Waals surface area contributed by atoms with Gasteiger partial charge in [0.2, 0.25) is 5.91 Å². The van der Waals surface area contributed by atoms with Gasteiger partial charge in [0.05, 0.1) is 29.3 Å². The first kappa shape index (κ1) is 28.1. The van der Waals surface area contributed by atoms with Gasteiger partial charge in [-0.3, -0.25) is 4.79 Å². The fraction of sp³-hybridized carbons (Fsp3) is 0.258. The SMILES string of the molecule is N[C@@H](Cc1ccc(Cl)c(Cl)c1)C(=O)N1CCOCCOc2ccc(-c3cncnc3)cc2Cc2cccc(c2)C1. The molecule has 5 rings (SSSR count). The van der Waals surface area contributed by atoms with E-state index in [1.165, 1.54) is 6.33 Å². The van der Waals surface area contributed by atoms with Crippen molar-refractivity contribution in [2.45, 2.75) is 25.4 Å². The Bertz CT molecular complexity index is 1470. The summed E-state index contributed by atoms with van der Waals surface area (Å²) in [5.41, 5.74) is 12.4. The van der Waals surface area contributed by atoms with E-state index in [1.807, 2.05) is 30.3 Å². The number of nitrogens with zero attached hydrogens (tertiary/aromatic N) is 3. The van der Waals surface area contributed by atoms with Gasteiger partial charge in [-0.25, -0.2) is 9.97 Å². The summed E-state index contributed by atoms with van der Waals surface area (Å²) >= 11 is 12.2. The molecular weight excluding hydrogens is 547 g/mol. The maximum atomic E-state index is 13.5. The lowest BCUT2D eigenvalue weighted by atomic mass is 9.98. The third kappa shape index (κ3) is 7.17. The molecule has 0 spiro atoms. The van der Waals surface area contributed by atoms with Gasteiger partial charge < -0.3 is 20.1 Å². The fourth-order valence-electron chi connectivity index (χ4n) is 4.76. The zero-order chi connectivity index (χ0) is 27.9. The highest BCUT2D eigenvalue weighted by atomic mass is 35.5. The zero-order valence-electron chi connectivity index (χ0n) is 21.9. The van der Waals surface area contributed by atoms with Crippen molar-refractivity contribution < 1.29 is 14.3 Å². The highest BCUT2D eigenvalue weighted by Crippen LogP contribution is 2.29. The summed E-state index contributed by atoms with van der Waals surface area (Å²) in [5.74, 6) is 0.667. The van der Waals surface area contributed by atoms with Crippen molar-refractivity contribution in [3.8, 4) is 16.9 Å². The Balaban J connectivity index is 1.37. The van der Waals surface area contributed by atoms with Crippen molar-refractivity contribution in [3.63, 3.8) is 0 Å². The van der Waals surface area contributed by atoms with Gasteiger partial charge in [0.25, 0.3) is 0 Å². The number of benzene rings is 3. The van der Waals surface area contributed by atoms with Crippen molar-refractivity contribution in [2.24, 2.45) is 5.73 Å². The number of fused-ring (bicyclic) bond motifs is 3. The Kier molecular flexibility index (Phi) is 9.29. The van der Waals surface area contributed by atoms with E-state index in [4.69, 9.17) is 38.4 Å². The molecule has 1 amide bonds. The van der Waals surface area contributed by atoms with Gasteiger partial charge in [0.15, 0.2) is 0 Å². The van der Waals surface area contributed by atoms with Gasteiger partial charge in [-0.1, -0.05) is 59.6 Å². The molecule has 1 aromatic heterocycles. The number of halogens is 2. The maximum Gasteiger partial charge on any atom is 0.240 e. The van der Waals surface area contributed by atoms with Crippen LogP contribution in [0.3, 0.4) is 0 Å². The average molecular weight is 578 g/mol. The van der Waals surface area contributed by atoms with Crippen molar-refractivity contribution in [3.05, 3.63) is 112 Å². The maximum absolute atomic E-state index is 13.5. The predicted octanol–water partition coefficient (Wildman–Crippen LogP) is 5.35. The van der Waals surface area contributed by atoms with E-state index in [0.29, 0.717) is 55.8 Å². The number of amides is 1. The minimum Gasteiger partial charge on any atom is -0.491 e. The van der Waals surface area contributed by atoms with Gasteiger partial charge in [0, 0.05) is 37.5 Å². The van der Waals surface area contributed by atoms with Crippen LogP contribution in [-0.2, 0) is 28.9 Å². The molecule has 2 heterocycles. The first-order valence-corrected chi connectivity index (χ1v) is 13.9. The van der Waals surface area contributed by atoms with Gasteiger partial charge >= 0.3 is 0 Å². The first-order chi connectivity index (χ1) is 19.5. The molecule has 4 aromatic rings. The minimum absolute atomic E-state index is 0.150. The number of aromatic nitrogens is 2. The molecule has 0 aliphatic carbocycles. The van der Waals surface area contributed by atoms with Crippen molar-refractivity contribution in [1.29, 1.82) is 0 Å². The summed E-state index contributed by atoms with van der Waals surface area (Å²) in [6.07, 6.45) is 6.13. The topological polar surface area (TPSA) is 90.6 Å². The van der Waals surface area contributed by atoms with Crippen molar-refractivity contribution in [1.82, 2.24) is 14.9 Å². The number of ether oxygens (including phenoxy) is 2. The van der Waals surface area contributed by atoms with E-state index in [9.17, 15) is 4.79 Å². The molecule has 9 heteroatoms. The molecule has 3 aromatic carbocycles. The van der Waals surface area contributed by atoms with Gasteiger partial charge in [0.1, 0.15) is 18.7 Å². The van der Waals surface area contributed by atoms with Crippen LogP contribution in [0.1, 0.15) is 22.3 Å². The molecule has 2 bridgehead atoms. The van der Waals surface area contributed by atoms with E-state index >= 15 is 0 Å². The normalized spacial score (nSPS) is 14.9. The number of rotatable bonds is 4. The highest BCUT2D eigenvalue weighted by Gasteiger charge is 2.22. The molecule has 40 heavy (non-hydrogen) atoms. The van der Waals surface area contributed by atoms with E-state index in [2.05, 4.69) is 28.2 Å². The monoisotopic (exact) mass is 576 g/mol. The molecule has 206 valence electrons. The molecule has 0 saturated heterocycles. The number of nitrogens with two attached hydrogens (primary N) is 1. The molecule has 0 saturated carbocycles. The molecule has 1 atom stereocenters. The largest absolute Gasteiger partial charge is 0.491 e. The predicted molar refractivity (Wildman–Crippen MR) is 157 cm³/mol. The Hall–Kier alpha value is -3.49. The molecule has 2 N–H and O–H groups in total. The van der Waals surface area contributed by atoms with Crippen LogP contribution in [-0.4, -0.2) is 53.2 Å². The summed E-state index contributed by atoms with van der Waals surface area (Å²) in [6, 6.07) is 18.9. The second kappa shape index (κ2) is 13.2. The lowest BCUT2D eigenvalue weighted by Crippen LogP contribution is -2.45. The second-order valence-corrected chi connectivity index (χ2v) is 10.5. The number of hydrogen-bond donors (Lipinski definition) is 1. The minimum atomic E-state index is -0.727. The van der Waals surface area contributed by atoms with Gasteiger partial charge in [-0.2, -0.15) is 0 Å². The average Bonchev–Trinajstić information content (AvgIpc) is 2.96. The molecule has 1 aliphatic rings. The Morgan fingerprint density at radius 3 is 2.58 bits per heavy atom. The third-order valence-electron chi connectivity index (χ3n) is 6.77. The molecule has 7 nitrogen and oxygen atoms in total. The van der Waals surface area contributed by atoms with Crippen molar-refractivity contribution >= 4 is 29.1 Å². The summed E-state index contributed by atoms with van der Waals surface area (Å²) in [4.78, 5) is 23.5. The first-order valence-electron chi connectivity index (χ1n) is 13.1. The fourth-order valence-corrected chi connectivity index (χ4v) is 5.08. The Morgan fingerprint density at radius 2 is 1.75 bits per heavy atom. The number of hydrogen-bond acceptors (Lipinski definition) is 6. The Labute approximate surface area is 243 Å². The molecule has 0 unspecified atom stereocenters. The molecular formula is C31H30Cl2N4O3. The number of carbonyl (C=O) groups is 1. The van der Waals surface area contributed by atoms with Gasteiger partial charge in [-0.05, 0) is 58.5 Å². The molecule has 1 aliphatic heterocycles. The van der Waals surface area contributed by atoms with Crippen LogP contribution in [0.25, 0.3) is 11.1 Å². The molecule has 0 radical (unpaired) electrons. The lowest BCUT2D eigenvalue weighted by molar-refractivity contribution is -0.134. The van der Waals surface area contributed by atoms with Gasteiger partial charge in [-0.15, -0.1) is 0 Å². The number of carbonyl (C=O) groups excluding carboxylic acids is 1. The van der Waals surface area contributed by atoms with E-state index < -0.39 is 6.04 Å². The van der Waals surface area contributed by atoms with E-state index in [0.717, 1.165) is 39.1 Å². The highest BCUT2D eigenvalue weighted by molar-refractivity contribution is 6.42. The second-order valence-electron chi connectivity index (χ2n) is 9.73. The van der Waals surface area contributed by atoms with Crippen LogP contribution >= 0.6 is 23.2 Å². The summed E-state index contributed by atoms with van der Waals surface area (Å²) in [7, 11) is 0. The quantitative estimate of drug-likeness (QED) is 0.352. The smallest absolute Gasteiger partial charge is 0.240 e. The van der Waals surface area contributed by atoms with Crippen LogP contribution in [0.15, 0.2) is 79.4 Å². The standard InChI is InChI=1S/C31H30Cl2N4O3/c32-27-6-4-22(14-28(27)33)15-29(34)31(38)37-8-9-39-10-11-40-30-7-5-24(26-17-35-20-36-18-26)16-25(30)13-21-2-1-3-23(12-21)19-37/h1-7,12,14,16-18,20,29H,8-11,13,15,19,34H2/t29-/m0/s1. The van der Waals surface area contributed by atoms with Crippen LogP contribution < -0.4 is 10.5 Å². The van der Waals surface area contributed by atoms with Crippen LogP contribution in [0, 0.1) is 0 Å². The summed E-state index contributed by atoms with van der Waals surface area (Å²) in [6.45, 7) is 2.00. The van der Waals surface area contributed by atoms with E-state index in [-0.39, 0.29) is 5.91 Å². The van der Waals surface area contributed by atoms with Crippen molar-refractivity contribution in [2.75, 3.05) is 26.4 Å². The third-order valence-corrected chi connectivity index (χ3v) is 7.51. The van der Waals surface area contributed by atoms with Crippen LogP contribution in [0.4, 0.5) is 0 Å². The summed E-state index contributed by atoms with van der Waals surface area (Å²) in [5, 5.41) is 0.907. The van der Waals surface area contributed by atoms with E-state index in [1.54, 1.807) is 29.4 Å². The van der Waals surface area contributed by atoms with Crippen LogP contribution in [0.2, 0.25) is 10.0 Å². The zero-order valence-corrected chi connectivity index (χ0v) is 23.4. The summed E-state index contributed by atoms with van der Waals surface area (Å²) < 4.78 is 12.0.